The van der Waals surface area contributed by atoms with Crippen molar-refractivity contribution < 1.29 is 4.74 Å². The summed E-state index contributed by atoms with van der Waals surface area (Å²) in [5, 5.41) is 4.83. The summed E-state index contributed by atoms with van der Waals surface area (Å²) >= 11 is 0. The van der Waals surface area contributed by atoms with Gasteiger partial charge in [-0.25, -0.2) is 0 Å². The van der Waals surface area contributed by atoms with Crippen molar-refractivity contribution in [1.82, 2.24) is 9.88 Å². The zero-order valence-electron chi connectivity index (χ0n) is 10.4. The van der Waals surface area contributed by atoms with Crippen molar-refractivity contribution in [2.24, 2.45) is 7.05 Å². The van der Waals surface area contributed by atoms with Crippen molar-refractivity contribution in [2.45, 2.75) is 19.4 Å². The van der Waals surface area contributed by atoms with Gasteiger partial charge in [0.05, 0.1) is 7.11 Å². The van der Waals surface area contributed by atoms with Gasteiger partial charge in [-0.15, -0.1) is 0 Å². The Morgan fingerprint density at radius 3 is 3.06 bits per heavy atom. The van der Waals surface area contributed by atoms with Crippen molar-refractivity contribution in [3.05, 3.63) is 29.5 Å². The highest BCUT2D eigenvalue weighted by atomic mass is 16.5. The van der Waals surface area contributed by atoms with E-state index < -0.39 is 0 Å². The molecule has 90 valence electrons. The van der Waals surface area contributed by atoms with Crippen LogP contribution >= 0.6 is 0 Å². The predicted molar refractivity (Wildman–Crippen MR) is 69.5 cm³/mol. The Morgan fingerprint density at radius 1 is 1.35 bits per heavy atom. The molecule has 3 rings (SSSR count). The van der Waals surface area contributed by atoms with E-state index in [1.54, 1.807) is 7.11 Å². The molecule has 3 nitrogen and oxygen atoms in total. The molecule has 3 heteroatoms. The largest absolute Gasteiger partial charge is 0.497 e. The van der Waals surface area contributed by atoms with Crippen LogP contribution in [0.4, 0.5) is 0 Å². The Labute approximate surface area is 101 Å². The number of fused-ring (bicyclic) bond motifs is 3. The Kier molecular flexibility index (Phi) is 2.56. The number of rotatable bonds is 1. The van der Waals surface area contributed by atoms with Crippen LogP contribution in [-0.2, 0) is 20.0 Å². The molecule has 0 radical (unpaired) electrons. The fourth-order valence-electron chi connectivity index (χ4n) is 2.78. The number of benzene rings is 1. The molecule has 0 bridgehead atoms. The van der Waals surface area contributed by atoms with E-state index in [-0.39, 0.29) is 0 Å². The summed E-state index contributed by atoms with van der Waals surface area (Å²) in [7, 11) is 3.88. The first kappa shape index (κ1) is 10.7. The highest BCUT2D eigenvalue weighted by Gasteiger charge is 2.17. The van der Waals surface area contributed by atoms with E-state index in [1.807, 2.05) is 6.07 Å². The first-order valence-corrected chi connectivity index (χ1v) is 6.16. The second-order valence-electron chi connectivity index (χ2n) is 4.65. The van der Waals surface area contributed by atoms with Crippen molar-refractivity contribution in [3.8, 4) is 5.75 Å². The molecule has 0 saturated heterocycles. The smallest absolute Gasteiger partial charge is 0.119 e. The quantitative estimate of drug-likeness (QED) is 0.813. The average Bonchev–Trinajstić information content (AvgIpc) is 2.57. The minimum Gasteiger partial charge on any atom is -0.497 e. The third-order valence-electron chi connectivity index (χ3n) is 3.72. The molecule has 0 unspecified atom stereocenters. The number of methoxy groups -OCH3 is 1. The van der Waals surface area contributed by atoms with Gasteiger partial charge in [-0.1, -0.05) is 0 Å². The lowest BCUT2D eigenvalue weighted by molar-refractivity contribution is 0.415. The van der Waals surface area contributed by atoms with E-state index in [9.17, 15) is 0 Å². The van der Waals surface area contributed by atoms with Crippen LogP contribution in [0.2, 0.25) is 0 Å². The second-order valence-corrected chi connectivity index (χ2v) is 4.65. The zero-order valence-corrected chi connectivity index (χ0v) is 10.4. The summed E-state index contributed by atoms with van der Waals surface area (Å²) in [5.41, 5.74) is 4.22. The molecule has 2 aromatic rings. The summed E-state index contributed by atoms with van der Waals surface area (Å²) in [6.45, 7) is 2.09. The van der Waals surface area contributed by atoms with E-state index in [0.29, 0.717) is 0 Å². The van der Waals surface area contributed by atoms with Gasteiger partial charge < -0.3 is 14.6 Å². The summed E-state index contributed by atoms with van der Waals surface area (Å²) < 4.78 is 7.64. The van der Waals surface area contributed by atoms with Crippen LogP contribution in [0.5, 0.6) is 5.75 Å². The number of aromatic nitrogens is 1. The fourth-order valence-corrected chi connectivity index (χ4v) is 2.78. The van der Waals surface area contributed by atoms with E-state index in [2.05, 4.69) is 29.1 Å². The van der Waals surface area contributed by atoms with Gasteiger partial charge >= 0.3 is 0 Å². The molecule has 2 heterocycles. The van der Waals surface area contributed by atoms with E-state index in [0.717, 1.165) is 25.3 Å². The van der Waals surface area contributed by atoms with E-state index in [1.165, 1.54) is 28.6 Å². The maximum absolute atomic E-state index is 5.33. The monoisotopic (exact) mass is 230 g/mol. The van der Waals surface area contributed by atoms with Crippen LogP contribution in [0.3, 0.4) is 0 Å². The first-order valence-electron chi connectivity index (χ1n) is 6.16. The van der Waals surface area contributed by atoms with Crippen molar-refractivity contribution in [2.75, 3.05) is 13.7 Å². The molecule has 1 aliphatic heterocycles. The van der Waals surface area contributed by atoms with Crippen LogP contribution < -0.4 is 10.1 Å². The van der Waals surface area contributed by atoms with Gasteiger partial charge in [0.1, 0.15) is 5.75 Å². The normalized spacial score (nSPS) is 15.6. The van der Waals surface area contributed by atoms with Crippen LogP contribution in [0.1, 0.15) is 17.7 Å². The Hall–Kier alpha value is -1.48. The highest BCUT2D eigenvalue weighted by Crippen LogP contribution is 2.30. The van der Waals surface area contributed by atoms with Crippen LogP contribution in [0, 0.1) is 0 Å². The molecule has 0 spiro atoms. The molecule has 1 aromatic heterocycles. The number of hydrogen-bond donors (Lipinski definition) is 1. The van der Waals surface area contributed by atoms with Crippen LogP contribution in [-0.4, -0.2) is 18.2 Å². The predicted octanol–water partition coefficient (Wildman–Crippen LogP) is 2.22. The Balaban J connectivity index is 2.27. The first-order chi connectivity index (χ1) is 8.31. The highest BCUT2D eigenvalue weighted by molar-refractivity contribution is 5.87. The molecule has 17 heavy (non-hydrogen) atoms. The summed E-state index contributed by atoms with van der Waals surface area (Å²) in [4.78, 5) is 0. The molecule has 0 atom stereocenters. The number of aryl methyl sites for hydroxylation is 2. The molecule has 1 N–H and O–H groups in total. The van der Waals surface area contributed by atoms with Gasteiger partial charge in [0, 0.05) is 30.2 Å². The average molecular weight is 230 g/mol. The molecule has 1 aromatic carbocycles. The van der Waals surface area contributed by atoms with E-state index >= 15 is 0 Å². The molecule has 1 aliphatic rings. The van der Waals surface area contributed by atoms with Gasteiger partial charge in [-0.2, -0.15) is 0 Å². The number of ether oxygens (including phenoxy) is 1. The number of hydrogen-bond acceptors (Lipinski definition) is 2. The van der Waals surface area contributed by atoms with Gasteiger partial charge in [0.25, 0.3) is 0 Å². The van der Waals surface area contributed by atoms with Gasteiger partial charge in [0.2, 0.25) is 0 Å². The molecule has 0 amide bonds. The minimum atomic E-state index is 0.947. The Bertz CT molecular complexity index is 557. The van der Waals surface area contributed by atoms with Crippen molar-refractivity contribution >= 4 is 10.9 Å². The molecular formula is C14H18N2O. The lowest BCUT2D eigenvalue weighted by atomic mass is 10.1. The fraction of sp³-hybridized carbons (Fsp3) is 0.429. The van der Waals surface area contributed by atoms with E-state index in [4.69, 9.17) is 4.74 Å². The molecule has 0 aliphatic carbocycles. The maximum Gasteiger partial charge on any atom is 0.119 e. The molecule has 0 saturated carbocycles. The minimum absolute atomic E-state index is 0.947. The molecule has 0 fully saturated rings. The third kappa shape index (κ3) is 1.62. The standard InChI is InChI=1S/C14H18N2O/c1-16-13-6-5-10(17-2)8-12(13)11-4-3-7-15-9-14(11)16/h5-6,8,15H,3-4,7,9H2,1-2H3. The number of nitrogens with one attached hydrogen (secondary N) is 1. The third-order valence-corrected chi connectivity index (χ3v) is 3.72. The lowest BCUT2D eigenvalue weighted by Crippen LogP contribution is -2.14. The van der Waals surface area contributed by atoms with Crippen LogP contribution in [0.25, 0.3) is 10.9 Å². The molecular weight excluding hydrogens is 212 g/mol. The number of nitrogens with zero attached hydrogens (tertiary/aromatic N) is 1. The zero-order chi connectivity index (χ0) is 11.8. The maximum atomic E-state index is 5.33. The van der Waals surface area contributed by atoms with Gasteiger partial charge in [-0.3, -0.25) is 0 Å². The van der Waals surface area contributed by atoms with Crippen molar-refractivity contribution in [1.29, 1.82) is 0 Å². The summed E-state index contributed by atoms with van der Waals surface area (Å²) in [6.07, 6.45) is 2.37. The van der Waals surface area contributed by atoms with Gasteiger partial charge in [0.15, 0.2) is 0 Å². The topological polar surface area (TPSA) is 26.2 Å². The van der Waals surface area contributed by atoms with Crippen molar-refractivity contribution in [3.63, 3.8) is 0 Å². The lowest BCUT2D eigenvalue weighted by Gasteiger charge is -2.04. The SMILES string of the molecule is COc1ccc2c(c1)c1c(n2C)CNCCC1. The van der Waals surface area contributed by atoms with Gasteiger partial charge in [-0.05, 0) is 43.1 Å². The summed E-state index contributed by atoms with van der Waals surface area (Å²) in [5.74, 6) is 0.947. The van der Waals surface area contributed by atoms with Crippen LogP contribution in [0.15, 0.2) is 18.2 Å². The Morgan fingerprint density at radius 2 is 2.24 bits per heavy atom. The second kappa shape index (κ2) is 4.08. The summed E-state index contributed by atoms with van der Waals surface area (Å²) in [6, 6.07) is 6.36.